The van der Waals surface area contributed by atoms with Gasteiger partial charge in [0.25, 0.3) is 0 Å². The van der Waals surface area contributed by atoms with Gasteiger partial charge in [-0.05, 0) is 17.7 Å². The van der Waals surface area contributed by atoms with Gasteiger partial charge in [0.15, 0.2) is 5.17 Å². The lowest BCUT2D eigenvalue weighted by molar-refractivity contribution is 0.459. The van der Waals surface area contributed by atoms with Gasteiger partial charge in [-0.2, -0.15) is 0 Å². The SMILES string of the molecule is c1ccc(CN2CCN=C2Sc2ccccc2)cc1. The standard InChI is InChI=1S/C16H16N2S/c1-3-7-14(8-4-1)13-18-12-11-17-16(18)19-15-9-5-2-6-10-15/h1-10H,11-13H2. The molecule has 1 aliphatic rings. The number of aliphatic imine (C=N–C) groups is 1. The monoisotopic (exact) mass is 268 g/mol. The number of hydrogen-bond donors (Lipinski definition) is 0. The minimum absolute atomic E-state index is 0.905. The van der Waals surface area contributed by atoms with Crippen LogP contribution >= 0.6 is 11.8 Å². The van der Waals surface area contributed by atoms with Crippen LogP contribution in [0.15, 0.2) is 70.6 Å². The quantitative estimate of drug-likeness (QED) is 0.844. The van der Waals surface area contributed by atoms with Gasteiger partial charge in [0.05, 0.1) is 6.54 Å². The summed E-state index contributed by atoms with van der Waals surface area (Å²) in [6.45, 7) is 2.87. The zero-order chi connectivity index (χ0) is 12.9. The molecule has 19 heavy (non-hydrogen) atoms. The summed E-state index contributed by atoms with van der Waals surface area (Å²) >= 11 is 1.75. The van der Waals surface area contributed by atoms with Gasteiger partial charge < -0.3 is 4.90 Å². The Balaban J connectivity index is 1.68. The molecule has 0 bridgehead atoms. The van der Waals surface area contributed by atoms with E-state index in [1.807, 2.05) is 6.07 Å². The van der Waals surface area contributed by atoms with E-state index in [4.69, 9.17) is 0 Å². The first-order valence-electron chi connectivity index (χ1n) is 6.48. The number of nitrogens with zero attached hydrogens (tertiary/aromatic N) is 2. The zero-order valence-electron chi connectivity index (χ0n) is 10.7. The number of hydrogen-bond acceptors (Lipinski definition) is 3. The van der Waals surface area contributed by atoms with Crippen molar-refractivity contribution in [2.45, 2.75) is 11.4 Å². The molecule has 0 aliphatic carbocycles. The topological polar surface area (TPSA) is 15.6 Å². The molecule has 96 valence electrons. The maximum Gasteiger partial charge on any atom is 0.164 e. The van der Waals surface area contributed by atoms with Crippen molar-refractivity contribution < 1.29 is 0 Å². The number of amidine groups is 1. The minimum atomic E-state index is 0.905. The molecule has 2 aromatic rings. The summed E-state index contributed by atoms with van der Waals surface area (Å²) in [5.74, 6) is 0. The lowest BCUT2D eigenvalue weighted by Crippen LogP contribution is -2.24. The molecular formula is C16H16N2S. The summed E-state index contributed by atoms with van der Waals surface area (Å²) in [5, 5.41) is 1.13. The van der Waals surface area contributed by atoms with Crippen molar-refractivity contribution in [2.24, 2.45) is 4.99 Å². The van der Waals surface area contributed by atoms with Crippen molar-refractivity contribution in [3.63, 3.8) is 0 Å². The number of benzene rings is 2. The van der Waals surface area contributed by atoms with Crippen molar-refractivity contribution in [1.82, 2.24) is 4.90 Å². The summed E-state index contributed by atoms with van der Waals surface area (Å²) in [5.41, 5.74) is 1.34. The van der Waals surface area contributed by atoms with Crippen LogP contribution in [0.1, 0.15) is 5.56 Å². The fraction of sp³-hybridized carbons (Fsp3) is 0.188. The van der Waals surface area contributed by atoms with E-state index in [1.165, 1.54) is 10.5 Å². The number of thioether (sulfide) groups is 1. The lowest BCUT2D eigenvalue weighted by Gasteiger charge is -2.19. The molecule has 3 rings (SSSR count). The predicted molar refractivity (Wildman–Crippen MR) is 81.5 cm³/mol. The van der Waals surface area contributed by atoms with Crippen molar-refractivity contribution in [3.05, 3.63) is 66.2 Å². The molecule has 1 heterocycles. The van der Waals surface area contributed by atoms with Crippen LogP contribution in [-0.4, -0.2) is 23.2 Å². The first-order chi connectivity index (χ1) is 9.42. The summed E-state index contributed by atoms with van der Waals surface area (Å²) in [6, 6.07) is 21.0. The normalized spacial score (nSPS) is 14.5. The van der Waals surface area contributed by atoms with Crippen LogP contribution in [-0.2, 0) is 6.54 Å². The van der Waals surface area contributed by atoms with E-state index in [-0.39, 0.29) is 0 Å². The lowest BCUT2D eigenvalue weighted by atomic mass is 10.2. The summed E-state index contributed by atoms with van der Waals surface area (Å²) < 4.78 is 0. The Morgan fingerprint density at radius 1 is 0.947 bits per heavy atom. The van der Waals surface area contributed by atoms with Gasteiger partial charge >= 0.3 is 0 Å². The average Bonchev–Trinajstić information content (AvgIpc) is 2.88. The Kier molecular flexibility index (Phi) is 3.84. The van der Waals surface area contributed by atoms with Crippen LogP contribution in [0, 0.1) is 0 Å². The molecule has 0 saturated heterocycles. The highest BCUT2D eigenvalue weighted by Crippen LogP contribution is 2.24. The van der Waals surface area contributed by atoms with E-state index in [1.54, 1.807) is 11.8 Å². The Morgan fingerprint density at radius 3 is 2.37 bits per heavy atom. The van der Waals surface area contributed by atoms with Gasteiger partial charge in [-0.3, -0.25) is 4.99 Å². The van der Waals surface area contributed by atoms with Gasteiger partial charge in [0.2, 0.25) is 0 Å². The summed E-state index contributed by atoms with van der Waals surface area (Å²) in [4.78, 5) is 8.22. The maximum absolute atomic E-state index is 4.61. The third-order valence-corrected chi connectivity index (χ3v) is 4.13. The van der Waals surface area contributed by atoms with Crippen molar-refractivity contribution in [1.29, 1.82) is 0 Å². The van der Waals surface area contributed by atoms with E-state index in [9.17, 15) is 0 Å². The molecule has 0 amide bonds. The molecule has 1 aliphatic heterocycles. The molecule has 2 nitrogen and oxygen atoms in total. The first-order valence-corrected chi connectivity index (χ1v) is 7.30. The van der Waals surface area contributed by atoms with Crippen LogP contribution in [0.5, 0.6) is 0 Å². The van der Waals surface area contributed by atoms with Crippen molar-refractivity contribution in [2.75, 3.05) is 13.1 Å². The average molecular weight is 268 g/mol. The fourth-order valence-electron chi connectivity index (χ4n) is 2.10. The molecule has 0 aromatic heterocycles. The molecule has 3 heteroatoms. The molecule has 0 radical (unpaired) electrons. The van der Waals surface area contributed by atoms with E-state index in [2.05, 4.69) is 64.5 Å². The van der Waals surface area contributed by atoms with E-state index >= 15 is 0 Å². The van der Waals surface area contributed by atoms with Crippen molar-refractivity contribution in [3.8, 4) is 0 Å². The van der Waals surface area contributed by atoms with E-state index in [0.29, 0.717) is 0 Å². The van der Waals surface area contributed by atoms with E-state index < -0.39 is 0 Å². The summed E-state index contributed by atoms with van der Waals surface area (Å²) in [6.07, 6.45) is 0. The van der Waals surface area contributed by atoms with Crippen LogP contribution in [0.4, 0.5) is 0 Å². The highest BCUT2D eigenvalue weighted by Gasteiger charge is 2.17. The zero-order valence-corrected chi connectivity index (χ0v) is 11.5. The molecule has 0 fully saturated rings. The van der Waals surface area contributed by atoms with Gasteiger partial charge in [-0.15, -0.1) is 0 Å². The maximum atomic E-state index is 4.61. The molecule has 2 aromatic carbocycles. The second kappa shape index (κ2) is 5.93. The second-order valence-electron chi connectivity index (χ2n) is 4.49. The Morgan fingerprint density at radius 2 is 1.63 bits per heavy atom. The smallest absolute Gasteiger partial charge is 0.164 e. The Hall–Kier alpha value is -1.74. The highest BCUT2D eigenvalue weighted by atomic mass is 32.2. The Bertz CT molecular complexity index is 551. The number of rotatable bonds is 3. The molecule has 0 atom stereocenters. The molecule has 0 saturated carbocycles. The largest absolute Gasteiger partial charge is 0.345 e. The molecule has 0 spiro atoms. The molecule has 0 N–H and O–H groups in total. The Labute approximate surface area is 118 Å². The molecular weight excluding hydrogens is 252 g/mol. The second-order valence-corrected chi connectivity index (χ2v) is 5.53. The van der Waals surface area contributed by atoms with Gasteiger partial charge in [0.1, 0.15) is 0 Å². The van der Waals surface area contributed by atoms with Crippen LogP contribution in [0.25, 0.3) is 0 Å². The van der Waals surface area contributed by atoms with Crippen molar-refractivity contribution >= 4 is 16.9 Å². The highest BCUT2D eigenvalue weighted by molar-refractivity contribution is 8.13. The third-order valence-electron chi connectivity index (χ3n) is 3.06. The minimum Gasteiger partial charge on any atom is -0.345 e. The van der Waals surface area contributed by atoms with Crippen LogP contribution < -0.4 is 0 Å². The predicted octanol–water partition coefficient (Wildman–Crippen LogP) is 3.65. The van der Waals surface area contributed by atoms with Gasteiger partial charge in [0, 0.05) is 18.0 Å². The first kappa shape index (κ1) is 12.3. The summed E-state index contributed by atoms with van der Waals surface area (Å²) in [7, 11) is 0. The van der Waals surface area contributed by atoms with Crippen LogP contribution in [0.2, 0.25) is 0 Å². The van der Waals surface area contributed by atoms with Gasteiger partial charge in [-0.25, -0.2) is 0 Å². The third kappa shape index (κ3) is 3.18. The van der Waals surface area contributed by atoms with Gasteiger partial charge in [-0.1, -0.05) is 60.3 Å². The molecule has 0 unspecified atom stereocenters. The van der Waals surface area contributed by atoms with E-state index in [0.717, 1.165) is 24.8 Å². The van der Waals surface area contributed by atoms with Crippen LogP contribution in [0.3, 0.4) is 0 Å². The fourth-order valence-corrected chi connectivity index (χ4v) is 3.05.